The molecule has 0 spiro atoms. The molecular formula is H12BKO8. The van der Waals surface area contributed by atoms with Gasteiger partial charge in [-0.05, 0) is 0 Å². The van der Waals surface area contributed by atoms with Gasteiger partial charge in [0.05, 0.1) is 0 Å². The molecule has 0 aliphatic rings. The molecule has 0 aromatic rings. The van der Waals surface area contributed by atoms with Gasteiger partial charge >= 0.3 is 58.7 Å². The molecule has 0 heterocycles. The quantitative estimate of drug-likeness (QED) is 0.210. The molecule has 0 rings (SSSR count). The van der Waals surface area contributed by atoms with E-state index in [0.29, 0.717) is 0 Å². The molecule has 8 nitrogen and oxygen atoms in total. The van der Waals surface area contributed by atoms with Crippen molar-refractivity contribution in [3.63, 3.8) is 0 Å². The minimum atomic E-state index is -2.06. The molecule has 0 saturated carbocycles. The second-order valence-corrected chi connectivity index (χ2v) is 0.432. The van der Waals surface area contributed by atoms with E-state index in [2.05, 4.69) is 4.81 Å². The van der Waals surface area contributed by atoms with Gasteiger partial charge < -0.3 is 32.0 Å². The summed E-state index contributed by atoms with van der Waals surface area (Å²) < 4.78 is 0. The SMILES string of the molecule is O.O.O.O.OOB(O)O.[KH]. The zero-order valence-electron chi connectivity index (χ0n) is 4.33. The monoisotopic (exact) mass is 190 g/mol. The van der Waals surface area contributed by atoms with Gasteiger partial charge in [-0.3, -0.25) is 5.26 Å². The zero-order valence-corrected chi connectivity index (χ0v) is 4.33. The van der Waals surface area contributed by atoms with Crippen molar-refractivity contribution in [2.45, 2.75) is 0 Å². The number of rotatable bonds is 1. The van der Waals surface area contributed by atoms with Crippen LogP contribution in [0.4, 0.5) is 0 Å². The molecule has 11 N–H and O–H groups in total. The fourth-order valence-electron chi connectivity index (χ4n) is 0. The summed E-state index contributed by atoms with van der Waals surface area (Å²) in [6.07, 6.45) is 0. The summed E-state index contributed by atoms with van der Waals surface area (Å²) in [5, 5.41) is 22.0. The molecule has 0 atom stereocenters. The molecule has 10 heavy (non-hydrogen) atoms. The first-order valence-corrected chi connectivity index (χ1v) is 0.935. The molecule has 0 aliphatic carbocycles. The van der Waals surface area contributed by atoms with Crippen LogP contribution < -0.4 is 0 Å². The summed E-state index contributed by atoms with van der Waals surface area (Å²) in [4.78, 5) is 2.86. The van der Waals surface area contributed by atoms with Crippen molar-refractivity contribution in [3.8, 4) is 0 Å². The fraction of sp³-hybridized carbons (Fsp3) is 0. The molecule has 0 unspecified atom stereocenters. The van der Waals surface area contributed by atoms with Crippen LogP contribution in [-0.2, 0) is 4.81 Å². The van der Waals surface area contributed by atoms with Crippen LogP contribution in [0.2, 0.25) is 0 Å². The summed E-state index contributed by atoms with van der Waals surface area (Å²) in [7, 11) is -2.06. The first kappa shape index (κ1) is 42.4. The van der Waals surface area contributed by atoms with Gasteiger partial charge in [0.1, 0.15) is 0 Å². The summed E-state index contributed by atoms with van der Waals surface area (Å²) in [6.45, 7) is 0. The Labute approximate surface area is 99.6 Å². The Balaban J connectivity index is -0.00000000800. The van der Waals surface area contributed by atoms with Crippen LogP contribution in [-0.4, -0.2) is 95.9 Å². The topological polar surface area (TPSA) is 196 Å². The van der Waals surface area contributed by atoms with Crippen LogP contribution in [0.1, 0.15) is 0 Å². The molecule has 0 aliphatic heterocycles. The third-order valence-corrected chi connectivity index (χ3v) is 0.0943. The Morgan fingerprint density at radius 2 is 1.00 bits per heavy atom. The van der Waals surface area contributed by atoms with Gasteiger partial charge in [-0.25, -0.2) is 4.81 Å². The van der Waals surface area contributed by atoms with Crippen LogP contribution in [0.15, 0.2) is 0 Å². The third kappa shape index (κ3) is 57.6. The number of hydrogen-bond acceptors (Lipinski definition) is 4. The van der Waals surface area contributed by atoms with Crippen molar-refractivity contribution >= 4 is 58.7 Å². The van der Waals surface area contributed by atoms with E-state index in [-0.39, 0.29) is 73.3 Å². The molecule has 0 fully saturated rings. The zero-order chi connectivity index (χ0) is 4.28. The van der Waals surface area contributed by atoms with E-state index in [9.17, 15) is 0 Å². The van der Waals surface area contributed by atoms with E-state index in [4.69, 9.17) is 15.3 Å². The van der Waals surface area contributed by atoms with Crippen molar-refractivity contribution < 1.29 is 42.0 Å². The van der Waals surface area contributed by atoms with E-state index in [1.165, 1.54) is 0 Å². The van der Waals surface area contributed by atoms with Gasteiger partial charge in [0.2, 0.25) is 0 Å². The van der Waals surface area contributed by atoms with Crippen LogP contribution >= 0.6 is 0 Å². The van der Waals surface area contributed by atoms with Gasteiger partial charge in [0.25, 0.3) is 0 Å². The van der Waals surface area contributed by atoms with Gasteiger partial charge in [0, 0.05) is 0 Å². The van der Waals surface area contributed by atoms with Crippen molar-refractivity contribution in [2.75, 3.05) is 0 Å². The average molecular weight is 190 g/mol. The molecule has 0 aromatic heterocycles. The van der Waals surface area contributed by atoms with Gasteiger partial charge in [-0.2, -0.15) is 0 Å². The Kier molecular flexibility index (Phi) is 134. The van der Waals surface area contributed by atoms with Crippen LogP contribution in [0.25, 0.3) is 0 Å². The van der Waals surface area contributed by atoms with Crippen molar-refractivity contribution in [3.05, 3.63) is 0 Å². The standard InChI is InChI=1S/BH3O4.K.4H2O.H/c2-1(3)5-4;;;;;;/h2-4H;;4*1H2;. The summed E-state index contributed by atoms with van der Waals surface area (Å²) in [5.74, 6) is 0. The van der Waals surface area contributed by atoms with Crippen LogP contribution in [0.3, 0.4) is 0 Å². The molecule has 64 valence electrons. The fourth-order valence-corrected chi connectivity index (χ4v) is 0. The van der Waals surface area contributed by atoms with E-state index < -0.39 is 7.32 Å². The first-order chi connectivity index (χ1) is 2.27. The second-order valence-electron chi connectivity index (χ2n) is 0.432. The predicted octanol–water partition coefficient (Wildman–Crippen LogP) is -5.50. The summed E-state index contributed by atoms with van der Waals surface area (Å²) >= 11 is 0. The van der Waals surface area contributed by atoms with E-state index in [0.717, 1.165) is 0 Å². The van der Waals surface area contributed by atoms with Crippen LogP contribution in [0, 0.1) is 0 Å². The Morgan fingerprint density at radius 3 is 1.00 bits per heavy atom. The second kappa shape index (κ2) is 31.6. The maximum atomic E-state index is 7.44. The number of hydrogen-bond donors (Lipinski definition) is 3. The molecule has 0 saturated heterocycles. The van der Waals surface area contributed by atoms with Crippen LogP contribution in [0.5, 0.6) is 0 Å². The molecule has 0 bridgehead atoms. The van der Waals surface area contributed by atoms with Crippen molar-refractivity contribution in [1.82, 2.24) is 0 Å². The van der Waals surface area contributed by atoms with Gasteiger partial charge in [-0.15, -0.1) is 0 Å². The minimum absolute atomic E-state index is 0. The molecule has 0 amide bonds. The predicted molar refractivity (Wildman–Crippen MR) is 35.5 cm³/mol. The maximum absolute atomic E-state index is 7.44. The average Bonchev–Trinajstić information content (AvgIpc) is 1.38. The van der Waals surface area contributed by atoms with E-state index in [1.807, 2.05) is 0 Å². The molecule has 0 radical (unpaired) electrons. The Hall–Kier alpha value is 1.38. The van der Waals surface area contributed by atoms with Crippen molar-refractivity contribution in [1.29, 1.82) is 0 Å². The normalized spacial score (nSPS) is 3.90. The van der Waals surface area contributed by atoms with E-state index in [1.54, 1.807) is 0 Å². The summed E-state index contributed by atoms with van der Waals surface area (Å²) in [5.41, 5.74) is 0. The van der Waals surface area contributed by atoms with Gasteiger partial charge in [-0.1, -0.05) is 0 Å². The van der Waals surface area contributed by atoms with Crippen molar-refractivity contribution in [2.24, 2.45) is 0 Å². The Bertz CT molecular complexity index is 23.2. The Morgan fingerprint density at radius 1 is 0.900 bits per heavy atom. The molecule has 10 heteroatoms. The van der Waals surface area contributed by atoms with Gasteiger partial charge in [0.15, 0.2) is 0 Å². The third-order valence-electron chi connectivity index (χ3n) is 0.0943. The first-order valence-electron chi connectivity index (χ1n) is 0.935. The van der Waals surface area contributed by atoms with E-state index >= 15 is 0 Å². The summed E-state index contributed by atoms with van der Waals surface area (Å²) in [6, 6.07) is 0. The molecular weight excluding hydrogens is 178 g/mol. The molecule has 0 aromatic carbocycles.